The van der Waals surface area contributed by atoms with E-state index in [0.29, 0.717) is 35.5 Å². The van der Waals surface area contributed by atoms with Crippen LogP contribution in [0.3, 0.4) is 0 Å². The van der Waals surface area contributed by atoms with E-state index in [1.165, 1.54) is 6.21 Å². The third-order valence-corrected chi connectivity index (χ3v) is 7.25. The van der Waals surface area contributed by atoms with Crippen LogP contribution >= 0.6 is 0 Å². The number of rotatable bonds is 5. The van der Waals surface area contributed by atoms with Crippen LogP contribution in [-0.2, 0) is 14.3 Å². The number of hydrogen-bond acceptors (Lipinski definition) is 6. The highest BCUT2D eigenvalue weighted by atomic mass is 16.5. The standard InChI is InChI=1S/C25H22N2O5/c1-2-31-25(30)14-5-3-13(4-6-14)20-10-7-15(32-20)12-26-27-23(28)21-16-8-9-17(19-11-18(16)19)22(21)24(27)29/h3-10,12,16-19,21-22H,2,11H2,1H3/b26-12-/t16-,17-,18-,19+,21-,22-/m1/s1. The quantitative estimate of drug-likeness (QED) is 0.313. The van der Waals surface area contributed by atoms with Crippen molar-refractivity contribution in [1.82, 2.24) is 5.01 Å². The fourth-order valence-corrected chi connectivity index (χ4v) is 5.73. The molecule has 5 aliphatic rings. The maximum absolute atomic E-state index is 13.0. The van der Waals surface area contributed by atoms with Gasteiger partial charge in [0.15, 0.2) is 0 Å². The SMILES string of the molecule is CCOC(=O)c1ccc(-c2ccc(/C=N\N3C(=O)[C@@H]4[C@@H]5C=C[C@H]([C@@H]6C[C@H]56)[C@H]4C3=O)o2)cc1. The van der Waals surface area contributed by atoms with Crippen molar-refractivity contribution in [3.63, 3.8) is 0 Å². The molecule has 32 heavy (non-hydrogen) atoms. The van der Waals surface area contributed by atoms with Crippen molar-refractivity contribution in [2.75, 3.05) is 6.61 Å². The summed E-state index contributed by atoms with van der Waals surface area (Å²) < 4.78 is 10.8. The van der Waals surface area contributed by atoms with Gasteiger partial charge in [-0.3, -0.25) is 9.59 Å². The van der Waals surface area contributed by atoms with E-state index in [0.717, 1.165) is 17.0 Å². The van der Waals surface area contributed by atoms with E-state index in [1.54, 1.807) is 43.3 Å². The summed E-state index contributed by atoms with van der Waals surface area (Å²) >= 11 is 0. The van der Waals surface area contributed by atoms with Gasteiger partial charge in [0.2, 0.25) is 0 Å². The molecule has 2 bridgehead atoms. The third kappa shape index (κ3) is 2.80. The van der Waals surface area contributed by atoms with Crippen molar-refractivity contribution >= 4 is 24.0 Å². The van der Waals surface area contributed by atoms with Crippen molar-refractivity contribution in [3.8, 4) is 11.3 Å². The molecular weight excluding hydrogens is 408 g/mol. The molecule has 1 saturated heterocycles. The molecule has 7 rings (SSSR count). The van der Waals surface area contributed by atoms with Gasteiger partial charge in [0.1, 0.15) is 11.5 Å². The number of imide groups is 1. The Hall–Kier alpha value is -3.48. The number of esters is 1. The van der Waals surface area contributed by atoms with Gasteiger partial charge in [-0.05, 0) is 61.3 Å². The number of allylic oxidation sites excluding steroid dienone is 2. The van der Waals surface area contributed by atoms with Crippen LogP contribution in [0.5, 0.6) is 0 Å². The van der Waals surface area contributed by atoms with Gasteiger partial charge in [-0.25, -0.2) is 4.79 Å². The molecule has 1 aliphatic heterocycles. The number of carbonyl (C=O) groups excluding carboxylic acids is 3. The average molecular weight is 430 g/mol. The second kappa shape index (κ2) is 7.02. The van der Waals surface area contributed by atoms with Crippen LogP contribution in [0.4, 0.5) is 0 Å². The summed E-state index contributed by atoms with van der Waals surface area (Å²) in [6.07, 6.45) is 6.84. The van der Waals surface area contributed by atoms with Gasteiger partial charge in [-0.2, -0.15) is 10.1 Å². The summed E-state index contributed by atoms with van der Waals surface area (Å²) in [6, 6.07) is 10.4. The monoisotopic (exact) mass is 430 g/mol. The number of ether oxygens (including phenoxy) is 1. The van der Waals surface area contributed by atoms with Crippen LogP contribution in [0.1, 0.15) is 29.5 Å². The molecule has 3 fully saturated rings. The number of furan rings is 1. The molecule has 1 aromatic carbocycles. The molecule has 0 spiro atoms. The maximum Gasteiger partial charge on any atom is 0.338 e. The summed E-state index contributed by atoms with van der Waals surface area (Å²) in [6.45, 7) is 2.09. The molecule has 0 radical (unpaired) electrons. The summed E-state index contributed by atoms with van der Waals surface area (Å²) in [5.41, 5.74) is 1.26. The minimum Gasteiger partial charge on any atom is -0.462 e. The van der Waals surface area contributed by atoms with Crippen molar-refractivity contribution in [1.29, 1.82) is 0 Å². The van der Waals surface area contributed by atoms with Gasteiger partial charge in [-0.15, -0.1) is 0 Å². The first-order valence-corrected chi connectivity index (χ1v) is 11.0. The Labute approximate surface area is 184 Å². The highest BCUT2D eigenvalue weighted by Gasteiger charge is 2.67. The normalized spacial score (nSPS) is 31.8. The molecule has 2 amide bonds. The smallest absolute Gasteiger partial charge is 0.338 e. The molecule has 2 heterocycles. The molecule has 162 valence electrons. The van der Waals surface area contributed by atoms with E-state index in [4.69, 9.17) is 9.15 Å². The maximum atomic E-state index is 13.0. The zero-order chi connectivity index (χ0) is 22.0. The predicted molar refractivity (Wildman–Crippen MR) is 114 cm³/mol. The van der Waals surface area contributed by atoms with Crippen LogP contribution < -0.4 is 0 Å². The molecular formula is C25H22N2O5. The van der Waals surface area contributed by atoms with E-state index in [9.17, 15) is 14.4 Å². The lowest BCUT2D eigenvalue weighted by atomic mass is 9.63. The van der Waals surface area contributed by atoms with Gasteiger partial charge in [0.05, 0.1) is 30.2 Å². The predicted octanol–water partition coefficient (Wildman–Crippen LogP) is 3.51. The average Bonchev–Trinajstić information content (AvgIpc) is 3.45. The number of hydrazone groups is 1. The van der Waals surface area contributed by atoms with E-state index in [-0.39, 0.29) is 41.5 Å². The van der Waals surface area contributed by atoms with Gasteiger partial charge in [-0.1, -0.05) is 24.3 Å². The number of hydrogen-bond donors (Lipinski definition) is 0. The first kappa shape index (κ1) is 19.2. The van der Waals surface area contributed by atoms with Crippen molar-refractivity contribution < 1.29 is 23.5 Å². The number of carbonyl (C=O) groups is 3. The Kier molecular flexibility index (Phi) is 4.22. The lowest BCUT2D eigenvalue weighted by Gasteiger charge is -2.37. The lowest BCUT2D eigenvalue weighted by molar-refractivity contribution is -0.140. The zero-order valence-corrected chi connectivity index (χ0v) is 17.5. The van der Waals surface area contributed by atoms with E-state index < -0.39 is 0 Å². The third-order valence-electron chi connectivity index (χ3n) is 7.25. The van der Waals surface area contributed by atoms with Crippen LogP contribution in [0.25, 0.3) is 11.3 Å². The summed E-state index contributed by atoms with van der Waals surface area (Å²) in [7, 11) is 0. The Bertz CT molecular complexity index is 1140. The Morgan fingerprint density at radius 2 is 1.72 bits per heavy atom. The highest BCUT2D eigenvalue weighted by molar-refractivity contribution is 6.06. The first-order chi connectivity index (χ1) is 15.6. The molecule has 6 atom stereocenters. The lowest BCUT2D eigenvalue weighted by Crippen LogP contribution is -2.40. The van der Waals surface area contributed by atoms with Gasteiger partial charge < -0.3 is 9.15 Å². The summed E-state index contributed by atoms with van der Waals surface area (Å²) in [5, 5.41) is 5.25. The van der Waals surface area contributed by atoms with Crippen LogP contribution in [0.2, 0.25) is 0 Å². The molecule has 0 N–H and O–H groups in total. The van der Waals surface area contributed by atoms with Crippen molar-refractivity contribution in [2.45, 2.75) is 13.3 Å². The molecule has 1 aromatic heterocycles. The molecule has 0 unspecified atom stereocenters. The first-order valence-electron chi connectivity index (χ1n) is 11.0. The number of nitrogens with zero attached hydrogens (tertiary/aromatic N) is 2. The molecule has 7 nitrogen and oxygen atoms in total. The fourth-order valence-electron chi connectivity index (χ4n) is 5.73. The Morgan fingerprint density at radius 1 is 1.06 bits per heavy atom. The summed E-state index contributed by atoms with van der Waals surface area (Å²) in [4.78, 5) is 37.7. The largest absolute Gasteiger partial charge is 0.462 e. The highest BCUT2D eigenvalue weighted by Crippen LogP contribution is 2.65. The van der Waals surface area contributed by atoms with Gasteiger partial charge >= 0.3 is 5.97 Å². The topological polar surface area (TPSA) is 89.2 Å². The summed E-state index contributed by atoms with van der Waals surface area (Å²) in [5.74, 6) is 1.25. The van der Waals surface area contributed by atoms with E-state index in [2.05, 4.69) is 17.3 Å². The fraction of sp³-hybridized carbons (Fsp3) is 0.360. The molecule has 2 aromatic rings. The second-order valence-corrected chi connectivity index (χ2v) is 8.89. The van der Waals surface area contributed by atoms with Crippen molar-refractivity contribution in [3.05, 3.63) is 59.9 Å². The van der Waals surface area contributed by atoms with Crippen LogP contribution in [0.15, 0.2) is 58.1 Å². The van der Waals surface area contributed by atoms with Crippen LogP contribution in [0, 0.1) is 35.5 Å². The Morgan fingerprint density at radius 3 is 2.34 bits per heavy atom. The molecule has 2 saturated carbocycles. The Balaban J connectivity index is 1.18. The van der Waals surface area contributed by atoms with Crippen LogP contribution in [-0.4, -0.2) is 35.6 Å². The van der Waals surface area contributed by atoms with Gasteiger partial charge in [0, 0.05) is 5.56 Å². The minimum absolute atomic E-state index is 0.180. The van der Waals surface area contributed by atoms with E-state index in [1.807, 2.05) is 0 Å². The van der Waals surface area contributed by atoms with Crippen molar-refractivity contribution in [2.24, 2.45) is 40.6 Å². The molecule has 4 aliphatic carbocycles. The zero-order valence-electron chi connectivity index (χ0n) is 17.5. The number of amides is 2. The second-order valence-electron chi connectivity index (χ2n) is 8.89. The molecule has 7 heteroatoms. The van der Waals surface area contributed by atoms with Gasteiger partial charge in [0.25, 0.3) is 11.8 Å². The minimum atomic E-state index is -0.368. The van der Waals surface area contributed by atoms with E-state index >= 15 is 0 Å². The number of benzene rings is 1.